The van der Waals surface area contributed by atoms with Crippen molar-refractivity contribution in [2.24, 2.45) is 20.0 Å². The normalized spacial score (nSPS) is 21.8. The van der Waals surface area contributed by atoms with E-state index in [1.807, 2.05) is 67.7 Å². The van der Waals surface area contributed by atoms with Crippen molar-refractivity contribution in [3.63, 3.8) is 0 Å². The fourth-order valence-electron chi connectivity index (χ4n) is 3.87. The first-order chi connectivity index (χ1) is 16.6. The molecule has 1 atom stereocenters. The van der Waals surface area contributed by atoms with E-state index in [2.05, 4.69) is 15.0 Å². The zero-order chi connectivity index (χ0) is 23.5. The van der Waals surface area contributed by atoms with Crippen LogP contribution in [-0.2, 0) is 4.74 Å². The van der Waals surface area contributed by atoms with Gasteiger partial charge in [-0.3, -0.25) is 4.39 Å². The Kier molecular flexibility index (Phi) is 5.82. The summed E-state index contributed by atoms with van der Waals surface area (Å²) >= 11 is 0. The van der Waals surface area contributed by atoms with Gasteiger partial charge in [-0.1, -0.05) is 0 Å². The zero-order valence-corrected chi connectivity index (χ0v) is 18.5. The molecule has 0 saturated carbocycles. The number of alkyl halides is 1. The fourth-order valence-corrected chi connectivity index (χ4v) is 3.87. The number of aliphatic imine (C=N–C) groups is 4. The second kappa shape index (κ2) is 9.55. The Balaban J connectivity index is 1.50. The van der Waals surface area contributed by atoms with Gasteiger partial charge in [-0.25, -0.2) is 20.0 Å². The third-order valence-corrected chi connectivity index (χ3v) is 5.54. The molecular formula is C27H25FN4O. The smallest absolute Gasteiger partial charge is 0.0894 e. The van der Waals surface area contributed by atoms with Gasteiger partial charge in [-0.15, -0.1) is 0 Å². The van der Waals surface area contributed by atoms with Gasteiger partial charge in [-0.2, -0.15) is 0 Å². The van der Waals surface area contributed by atoms with Crippen molar-refractivity contribution in [1.82, 2.24) is 0 Å². The minimum atomic E-state index is -0.329. The molecule has 6 heteroatoms. The van der Waals surface area contributed by atoms with Gasteiger partial charge in [-0.05, 0) is 93.0 Å². The molecule has 8 bridgehead atoms. The summed E-state index contributed by atoms with van der Waals surface area (Å²) in [6.45, 7) is 2.13. The number of allylic oxidation sites excluding steroid dienone is 11. The van der Waals surface area contributed by atoms with Gasteiger partial charge in [0.2, 0.25) is 0 Å². The van der Waals surface area contributed by atoms with Crippen LogP contribution in [-0.4, -0.2) is 42.2 Å². The van der Waals surface area contributed by atoms with Crippen LogP contribution in [0.2, 0.25) is 0 Å². The predicted molar refractivity (Wildman–Crippen MR) is 133 cm³/mol. The number of unbranched alkanes of at least 4 members (excludes halogenated alkanes) is 2. The summed E-state index contributed by atoms with van der Waals surface area (Å²) in [5.41, 5.74) is 6.67. The minimum Gasteiger partial charge on any atom is -0.374 e. The molecular weight excluding hydrogens is 415 g/mol. The minimum absolute atomic E-state index is 0.304. The number of hydrogen-bond donors (Lipinski definition) is 0. The van der Waals surface area contributed by atoms with Crippen molar-refractivity contribution in [3.8, 4) is 0 Å². The molecule has 5 aliphatic rings. The maximum Gasteiger partial charge on any atom is 0.0894 e. The molecule has 0 N–H and O–H groups in total. The van der Waals surface area contributed by atoms with Gasteiger partial charge in [0.05, 0.1) is 59.8 Å². The standard InChI is InChI=1S/C27H25FN4O/c1-18(33-12-4-2-3-11-28)26-16-25-15-23-8-7-21(30-23)13-19-5-6-20(29-19)14-22-9-10-24(31-22)17-27(26)32-25/h5-10,13-18H,2-4,11-12H2,1H3/i16D. The molecule has 166 valence electrons. The van der Waals surface area contributed by atoms with Gasteiger partial charge in [0.25, 0.3) is 0 Å². The lowest BCUT2D eigenvalue weighted by atomic mass is 10.1. The van der Waals surface area contributed by atoms with E-state index in [1.54, 1.807) is 0 Å². The lowest BCUT2D eigenvalue weighted by Crippen LogP contribution is -2.13. The first-order valence-corrected chi connectivity index (χ1v) is 11.2. The maximum atomic E-state index is 12.4. The van der Waals surface area contributed by atoms with E-state index in [4.69, 9.17) is 11.1 Å². The van der Waals surface area contributed by atoms with E-state index in [-0.39, 0.29) is 12.8 Å². The van der Waals surface area contributed by atoms with Crippen LogP contribution in [0, 0.1) is 0 Å². The first kappa shape index (κ1) is 20.1. The largest absolute Gasteiger partial charge is 0.374 e. The predicted octanol–water partition coefficient (Wildman–Crippen LogP) is 5.49. The molecule has 0 radical (unpaired) electrons. The summed E-state index contributed by atoms with van der Waals surface area (Å²) in [4.78, 5) is 18.7. The molecule has 5 nitrogen and oxygen atoms in total. The molecule has 33 heavy (non-hydrogen) atoms. The zero-order valence-electron chi connectivity index (χ0n) is 19.5. The van der Waals surface area contributed by atoms with Gasteiger partial charge in [0.15, 0.2) is 0 Å². The molecule has 0 spiro atoms. The summed E-state index contributed by atoms with van der Waals surface area (Å²) in [6, 6.07) is 0.320. The summed E-state index contributed by atoms with van der Waals surface area (Å²) in [5, 5.41) is 0. The number of halogens is 1. The third kappa shape index (κ3) is 5.12. The van der Waals surface area contributed by atoms with E-state index >= 15 is 0 Å². The van der Waals surface area contributed by atoms with Gasteiger partial charge in [0.1, 0.15) is 0 Å². The molecule has 5 rings (SSSR count). The molecule has 5 aliphatic heterocycles. The Morgan fingerprint density at radius 2 is 1.33 bits per heavy atom. The van der Waals surface area contributed by atoms with Crippen molar-refractivity contribution in [2.75, 3.05) is 13.3 Å². The van der Waals surface area contributed by atoms with E-state index in [1.165, 1.54) is 0 Å². The Labute approximate surface area is 194 Å². The van der Waals surface area contributed by atoms with E-state index in [0.29, 0.717) is 30.5 Å². The van der Waals surface area contributed by atoms with E-state index in [0.717, 1.165) is 52.6 Å². The maximum absolute atomic E-state index is 12.4. The average molecular weight is 442 g/mol. The lowest BCUT2D eigenvalue weighted by Gasteiger charge is -2.15. The molecule has 0 aromatic rings. The van der Waals surface area contributed by atoms with Crippen molar-refractivity contribution in [3.05, 3.63) is 95.2 Å². The van der Waals surface area contributed by atoms with Crippen LogP contribution in [0.1, 0.15) is 27.6 Å². The lowest BCUT2D eigenvalue weighted by molar-refractivity contribution is 0.0878. The Bertz CT molecular complexity index is 1280. The van der Waals surface area contributed by atoms with Gasteiger partial charge in [0, 0.05) is 12.2 Å². The molecule has 0 aliphatic carbocycles. The summed E-state index contributed by atoms with van der Waals surface area (Å²) < 4.78 is 27.2. The van der Waals surface area contributed by atoms with Crippen LogP contribution < -0.4 is 0 Å². The highest BCUT2D eigenvalue weighted by atomic mass is 19.1. The van der Waals surface area contributed by atoms with Crippen molar-refractivity contribution >= 4 is 22.8 Å². The summed E-state index contributed by atoms with van der Waals surface area (Å²) in [5.74, 6) is 0. The van der Waals surface area contributed by atoms with Crippen molar-refractivity contribution in [1.29, 1.82) is 0 Å². The monoisotopic (exact) mass is 441 g/mol. The van der Waals surface area contributed by atoms with Crippen LogP contribution in [0.5, 0.6) is 0 Å². The average Bonchev–Trinajstić information content (AvgIpc) is 3.59. The second-order valence-electron chi connectivity index (χ2n) is 8.15. The fraction of sp³-hybridized carbons (Fsp3) is 0.259. The second-order valence-corrected chi connectivity index (χ2v) is 8.15. The van der Waals surface area contributed by atoms with Crippen LogP contribution in [0.4, 0.5) is 4.39 Å². The number of fused-ring (bicyclic) bond motifs is 4. The summed E-state index contributed by atoms with van der Waals surface area (Å²) in [6.07, 6.45) is 21.0. The number of nitrogens with zero attached hydrogens (tertiary/aromatic N) is 4. The van der Waals surface area contributed by atoms with Crippen LogP contribution in [0.3, 0.4) is 0 Å². The van der Waals surface area contributed by atoms with Crippen LogP contribution in [0.25, 0.3) is 0 Å². The molecule has 5 heterocycles. The molecule has 0 aromatic carbocycles. The third-order valence-electron chi connectivity index (χ3n) is 5.54. The van der Waals surface area contributed by atoms with E-state index in [9.17, 15) is 4.39 Å². The Morgan fingerprint density at radius 1 is 0.758 bits per heavy atom. The number of rotatable bonds is 7. The van der Waals surface area contributed by atoms with Crippen LogP contribution in [0.15, 0.2) is 115 Å². The molecule has 0 fully saturated rings. The highest BCUT2D eigenvalue weighted by Crippen LogP contribution is 2.27. The highest BCUT2D eigenvalue weighted by Gasteiger charge is 2.21. The molecule has 0 saturated heterocycles. The highest BCUT2D eigenvalue weighted by molar-refractivity contribution is 6.15. The molecule has 0 aromatic heterocycles. The van der Waals surface area contributed by atoms with Gasteiger partial charge < -0.3 is 4.74 Å². The molecule has 0 amide bonds. The summed E-state index contributed by atoms with van der Waals surface area (Å²) in [7, 11) is 0. The Morgan fingerprint density at radius 3 is 1.94 bits per heavy atom. The SMILES string of the molecule is [2H]C1=C(C(C)OCCCCCF)C2=CC3=NC(=CC4=NC(=CC5=NC(=CC1=N2)C=C5)C=C4)C=C3. The van der Waals surface area contributed by atoms with Crippen molar-refractivity contribution in [2.45, 2.75) is 32.3 Å². The van der Waals surface area contributed by atoms with Crippen LogP contribution >= 0.6 is 0 Å². The van der Waals surface area contributed by atoms with Gasteiger partial charge >= 0.3 is 0 Å². The Hall–Kier alpha value is -3.51. The van der Waals surface area contributed by atoms with E-state index < -0.39 is 0 Å². The first-order valence-electron chi connectivity index (χ1n) is 11.7. The topological polar surface area (TPSA) is 58.7 Å². The quantitative estimate of drug-likeness (QED) is 0.482. The molecule has 1 unspecified atom stereocenters. The number of ether oxygens (including phenoxy) is 1. The number of hydrogen-bond acceptors (Lipinski definition) is 5. The van der Waals surface area contributed by atoms with Crippen molar-refractivity contribution < 1.29 is 10.5 Å².